The second kappa shape index (κ2) is 3.17. The molecule has 1 aromatic rings. The Morgan fingerprint density at radius 3 is 2.80 bits per heavy atom. The second-order valence-corrected chi connectivity index (χ2v) is 3.43. The van der Waals surface area contributed by atoms with Gasteiger partial charge in [-0.15, -0.1) is 11.3 Å². The summed E-state index contributed by atoms with van der Waals surface area (Å²) in [5.74, 6) is 0. The molecule has 0 saturated carbocycles. The van der Waals surface area contributed by atoms with Crippen LogP contribution in [0.2, 0.25) is 0 Å². The van der Waals surface area contributed by atoms with Gasteiger partial charge in [0.05, 0.1) is 0 Å². The van der Waals surface area contributed by atoms with Crippen LogP contribution in [0.4, 0.5) is 0 Å². The van der Waals surface area contributed by atoms with Gasteiger partial charge in [-0.1, -0.05) is 6.92 Å². The summed E-state index contributed by atoms with van der Waals surface area (Å²) in [6.07, 6.45) is 1.03. The Morgan fingerprint density at radius 1 is 1.70 bits per heavy atom. The van der Waals surface area contributed by atoms with Gasteiger partial charge < -0.3 is 5.73 Å². The fourth-order valence-corrected chi connectivity index (χ4v) is 1.96. The molecule has 0 aromatic carbocycles. The average Bonchev–Trinajstić information content (AvgIpc) is 2.34. The van der Waals surface area contributed by atoms with Gasteiger partial charge in [0.2, 0.25) is 0 Å². The summed E-state index contributed by atoms with van der Waals surface area (Å²) in [6.45, 7) is 4.23. The van der Waals surface area contributed by atoms with Crippen molar-refractivity contribution in [2.45, 2.75) is 26.3 Å². The Labute approximate surface area is 65.9 Å². The number of hydrogen-bond donors (Lipinski definition) is 1. The smallest absolute Gasteiger partial charge is 0.0389 e. The molecule has 2 heteroatoms. The van der Waals surface area contributed by atoms with E-state index >= 15 is 0 Å². The molecule has 1 unspecified atom stereocenters. The highest BCUT2D eigenvalue weighted by atomic mass is 32.1. The van der Waals surface area contributed by atoms with Crippen molar-refractivity contribution in [3.63, 3.8) is 0 Å². The lowest BCUT2D eigenvalue weighted by Crippen LogP contribution is -2.07. The van der Waals surface area contributed by atoms with E-state index < -0.39 is 0 Å². The fourth-order valence-electron chi connectivity index (χ4n) is 0.950. The molecule has 56 valence electrons. The van der Waals surface area contributed by atoms with Crippen molar-refractivity contribution < 1.29 is 0 Å². The molecule has 10 heavy (non-hydrogen) atoms. The molecule has 1 rings (SSSR count). The highest BCUT2D eigenvalue weighted by Crippen LogP contribution is 2.23. The van der Waals surface area contributed by atoms with Crippen LogP contribution < -0.4 is 5.73 Å². The lowest BCUT2D eigenvalue weighted by molar-refractivity contribution is 0.708. The zero-order chi connectivity index (χ0) is 7.56. The van der Waals surface area contributed by atoms with Crippen LogP contribution in [0.15, 0.2) is 11.4 Å². The standard InChI is InChI=1S/C8H13NS/c1-3-7(9)8-6(2)4-5-10-8/h4-5,7H,3,9H2,1-2H3. The van der Waals surface area contributed by atoms with Crippen molar-refractivity contribution in [2.24, 2.45) is 5.73 Å². The van der Waals surface area contributed by atoms with Crippen LogP contribution in [0.5, 0.6) is 0 Å². The van der Waals surface area contributed by atoms with Gasteiger partial charge in [-0.25, -0.2) is 0 Å². The van der Waals surface area contributed by atoms with Crippen LogP contribution in [-0.4, -0.2) is 0 Å². The third-order valence-corrected chi connectivity index (χ3v) is 2.83. The quantitative estimate of drug-likeness (QED) is 0.697. The SMILES string of the molecule is CCC(N)c1sccc1C. The van der Waals surface area contributed by atoms with E-state index in [1.54, 1.807) is 11.3 Å². The summed E-state index contributed by atoms with van der Waals surface area (Å²) in [5, 5.41) is 2.10. The van der Waals surface area contributed by atoms with Gasteiger partial charge in [-0.05, 0) is 30.4 Å². The van der Waals surface area contributed by atoms with Crippen LogP contribution in [0.1, 0.15) is 29.8 Å². The van der Waals surface area contributed by atoms with E-state index in [-0.39, 0.29) is 6.04 Å². The molecular formula is C8H13NS. The van der Waals surface area contributed by atoms with Crippen LogP contribution in [-0.2, 0) is 0 Å². The van der Waals surface area contributed by atoms with E-state index in [0.29, 0.717) is 0 Å². The molecule has 0 saturated heterocycles. The van der Waals surface area contributed by atoms with Crippen molar-refractivity contribution in [3.05, 3.63) is 21.9 Å². The molecule has 0 radical (unpaired) electrons. The molecule has 0 aliphatic carbocycles. The Balaban J connectivity index is 2.82. The molecule has 0 spiro atoms. The van der Waals surface area contributed by atoms with Crippen molar-refractivity contribution in [2.75, 3.05) is 0 Å². The minimum atomic E-state index is 0.250. The monoisotopic (exact) mass is 155 g/mol. The van der Waals surface area contributed by atoms with Gasteiger partial charge in [0, 0.05) is 10.9 Å². The molecule has 1 heterocycles. The normalized spacial score (nSPS) is 13.5. The molecule has 0 bridgehead atoms. The third-order valence-electron chi connectivity index (χ3n) is 1.68. The zero-order valence-electron chi connectivity index (χ0n) is 6.42. The van der Waals surface area contributed by atoms with Gasteiger partial charge in [0.25, 0.3) is 0 Å². The molecule has 0 fully saturated rings. The van der Waals surface area contributed by atoms with Crippen molar-refractivity contribution in [3.8, 4) is 0 Å². The Morgan fingerprint density at radius 2 is 2.40 bits per heavy atom. The number of hydrogen-bond acceptors (Lipinski definition) is 2. The summed E-state index contributed by atoms with van der Waals surface area (Å²) in [5.41, 5.74) is 7.18. The largest absolute Gasteiger partial charge is 0.323 e. The lowest BCUT2D eigenvalue weighted by atomic mass is 10.1. The molecule has 0 aliphatic heterocycles. The van der Waals surface area contributed by atoms with E-state index in [0.717, 1.165) is 6.42 Å². The van der Waals surface area contributed by atoms with Gasteiger partial charge in [-0.2, -0.15) is 0 Å². The van der Waals surface area contributed by atoms with E-state index in [9.17, 15) is 0 Å². The predicted molar refractivity (Wildman–Crippen MR) is 46.3 cm³/mol. The molecule has 0 aliphatic rings. The summed E-state index contributed by atoms with van der Waals surface area (Å²) >= 11 is 1.76. The first kappa shape index (κ1) is 7.76. The van der Waals surface area contributed by atoms with Gasteiger partial charge in [0.1, 0.15) is 0 Å². The van der Waals surface area contributed by atoms with Crippen LogP contribution in [0, 0.1) is 6.92 Å². The molecule has 2 N–H and O–H groups in total. The maximum absolute atomic E-state index is 5.85. The van der Waals surface area contributed by atoms with Gasteiger partial charge >= 0.3 is 0 Å². The Hall–Kier alpha value is -0.340. The third kappa shape index (κ3) is 1.39. The van der Waals surface area contributed by atoms with Gasteiger partial charge in [-0.3, -0.25) is 0 Å². The maximum Gasteiger partial charge on any atom is 0.0389 e. The fraction of sp³-hybridized carbons (Fsp3) is 0.500. The molecular weight excluding hydrogens is 142 g/mol. The van der Waals surface area contributed by atoms with Crippen LogP contribution >= 0.6 is 11.3 Å². The summed E-state index contributed by atoms with van der Waals surface area (Å²) < 4.78 is 0. The first-order valence-corrected chi connectivity index (χ1v) is 4.43. The summed E-state index contributed by atoms with van der Waals surface area (Å²) in [6, 6.07) is 2.37. The average molecular weight is 155 g/mol. The van der Waals surface area contributed by atoms with E-state index in [1.165, 1.54) is 10.4 Å². The van der Waals surface area contributed by atoms with Crippen LogP contribution in [0.25, 0.3) is 0 Å². The zero-order valence-corrected chi connectivity index (χ0v) is 7.24. The number of aryl methyl sites for hydroxylation is 1. The van der Waals surface area contributed by atoms with Crippen molar-refractivity contribution in [1.82, 2.24) is 0 Å². The minimum absolute atomic E-state index is 0.250. The molecule has 1 nitrogen and oxygen atoms in total. The van der Waals surface area contributed by atoms with Crippen molar-refractivity contribution >= 4 is 11.3 Å². The van der Waals surface area contributed by atoms with E-state index in [4.69, 9.17) is 5.73 Å². The summed E-state index contributed by atoms with van der Waals surface area (Å²) in [4.78, 5) is 1.34. The van der Waals surface area contributed by atoms with Crippen molar-refractivity contribution in [1.29, 1.82) is 0 Å². The number of thiophene rings is 1. The first-order chi connectivity index (χ1) is 4.75. The number of rotatable bonds is 2. The first-order valence-electron chi connectivity index (χ1n) is 3.55. The van der Waals surface area contributed by atoms with E-state index in [1.807, 2.05) is 0 Å². The Bertz CT molecular complexity index is 205. The molecule has 1 aromatic heterocycles. The predicted octanol–water partition coefficient (Wildman–Crippen LogP) is 2.47. The Kier molecular flexibility index (Phi) is 2.46. The number of nitrogens with two attached hydrogens (primary N) is 1. The maximum atomic E-state index is 5.85. The molecule has 0 amide bonds. The topological polar surface area (TPSA) is 26.0 Å². The van der Waals surface area contributed by atoms with E-state index in [2.05, 4.69) is 25.3 Å². The second-order valence-electron chi connectivity index (χ2n) is 2.48. The molecule has 1 atom stereocenters. The highest BCUT2D eigenvalue weighted by molar-refractivity contribution is 7.10. The van der Waals surface area contributed by atoms with Crippen LogP contribution in [0.3, 0.4) is 0 Å². The highest BCUT2D eigenvalue weighted by Gasteiger charge is 2.06. The lowest BCUT2D eigenvalue weighted by Gasteiger charge is -2.06. The van der Waals surface area contributed by atoms with Gasteiger partial charge in [0.15, 0.2) is 0 Å². The minimum Gasteiger partial charge on any atom is -0.323 e. The summed E-state index contributed by atoms with van der Waals surface area (Å²) in [7, 11) is 0.